The van der Waals surface area contributed by atoms with Crippen LogP contribution in [0.2, 0.25) is 0 Å². The van der Waals surface area contributed by atoms with Crippen molar-refractivity contribution in [3.8, 4) is 0 Å². The van der Waals surface area contributed by atoms with Crippen LogP contribution in [0.5, 0.6) is 0 Å². The first-order valence-corrected chi connectivity index (χ1v) is 4.57. The maximum Gasteiger partial charge on any atom is 2.00 e. The molecule has 13 heavy (non-hydrogen) atoms. The van der Waals surface area contributed by atoms with E-state index < -0.39 is 0 Å². The van der Waals surface area contributed by atoms with Gasteiger partial charge in [0.1, 0.15) is 0 Å². The largest absolute Gasteiger partial charge is 2.00 e. The summed E-state index contributed by atoms with van der Waals surface area (Å²) in [5, 5.41) is 0. The van der Waals surface area contributed by atoms with Crippen LogP contribution in [0.25, 0.3) is 0 Å². The molecule has 0 aliphatic heterocycles. The predicted molar refractivity (Wildman–Crippen MR) is 52.9 cm³/mol. The third-order valence-electron chi connectivity index (χ3n) is 0.986. The SMILES string of the molecule is [CH2-]CCOCC.[CH2-]CCOCC.[Zn+2]. The number of rotatable bonds is 6. The molecule has 0 fully saturated rings. The number of ether oxygens (including phenoxy) is 2. The van der Waals surface area contributed by atoms with Crippen LogP contribution in [0, 0.1) is 13.8 Å². The molecule has 0 amide bonds. The van der Waals surface area contributed by atoms with Crippen LogP contribution in [-0.4, -0.2) is 26.4 Å². The van der Waals surface area contributed by atoms with Crippen molar-refractivity contribution in [2.75, 3.05) is 26.4 Å². The van der Waals surface area contributed by atoms with E-state index in [2.05, 4.69) is 13.8 Å². The van der Waals surface area contributed by atoms with Gasteiger partial charge in [-0.25, -0.2) is 0 Å². The van der Waals surface area contributed by atoms with E-state index in [0.29, 0.717) is 0 Å². The summed E-state index contributed by atoms with van der Waals surface area (Å²) < 4.78 is 9.84. The van der Waals surface area contributed by atoms with Crippen LogP contribution in [-0.2, 0) is 29.0 Å². The van der Waals surface area contributed by atoms with Crippen molar-refractivity contribution in [2.45, 2.75) is 26.7 Å². The maximum atomic E-state index is 4.92. The third-order valence-corrected chi connectivity index (χ3v) is 0.986. The molecule has 0 rings (SSSR count). The van der Waals surface area contributed by atoms with Crippen LogP contribution < -0.4 is 0 Å². The van der Waals surface area contributed by atoms with Gasteiger partial charge in [0.05, 0.1) is 0 Å². The minimum Gasteiger partial charge on any atom is -0.384 e. The molecule has 0 aliphatic carbocycles. The molecule has 0 aliphatic rings. The molecule has 76 valence electrons. The topological polar surface area (TPSA) is 18.5 Å². The van der Waals surface area contributed by atoms with E-state index in [1.807, 2.05) is 13.8 Å². The Kier molecular flexibility index (Phi) is 33.8. The Bertz CT molecular complexity index is 44.9. The molecule has 0 aromatic heterocycles. The van der Waals surface area contributed by atoms with E-state index in [0.717, 1.165) is 39.3 Å². The minimum absolute atomic E-state index is 0. The third kappa shape index (κ3) is 32.6. The zero-order valence-electron chi connectivity index (χ0n) is 9.18. The Labute approximate surface area is 96.1 Å². The van der Waals surface area contributed by atoms with Crippen LogP contribution in [0.1, 0.15) is 26.7 Å². The molecule has 0 aromatic carbocycles. The molecular weight excluding hydrogens is 217 g/mol. The predicted octanol–water partition coefficient (Wildman–Crippen LogP) is 2.49. The Hall–Kier alpha value is 0.543. The van der Waals surface area contributed by atoms with Crippen LogP contribution in [0.15, 0.2) is 0 Å². The smallest absolute Gasteiger partial charge is 0.384 e. The van der Waals surface area contributed by atoms with Gasteiger partial charge in [-0.15, -0.1) is 0 Å². The summed E-state index contributed by atoms with van der Waals surface area (Å²) >= 11 is 0. The summed E-state index contributed by atoms with van der Waals surface area (Å²) in [6, 6.07) is 0. The first-order valence-electron chi connectivity index (χ1n) is 4.57. The van der Waals surface area contributed by atoms with Gasteiger partial charge in [0.2, 0.25) is 0 Å². The van der Waals surface area contributed by atoms with E-state index in [1.165, 1.54) is 0 Å². The monoisotopic (exact) mass is 238 g/mol. The molecule has 0 radical (unpaired) electrons. The van der Waals surface area contributed by atoms with Crippen LogP contribution in [0.3, 0.4) is 0 Å². The molecule has 0 atom stereocenters. The van der Waals surface area contributed by atoms with Crippen molar-refractivity contribution >= 4 is 0 Å². The van der Waals surface area contributed by atoms with Gasteiger partial charge < -0.3 is 23.3 Å². The summed E-state index contributed by atoms with van der Waals surface area (Å²) in [6.07, 6.45) is 1.77. The molecule has 0 heterocycles. The quantitative estimate of drug-likeness (QED) is 0.403. The Morgan fingerprint density at radius 3 is 1.23 bits per heavy atom. The van der Waals surface area contributed by atoms with Crippen molar-refractivity contribution in [3.63, 3.8) is 0 Å². The van der Waals surface area contributed by atoms with Crippen molar-refractivity contribution in [3.05, 3.63) is 13.8 Å². The van der Waals surface area contributed by atoms with Gasteiger partial charge in [-0.1, -0.05) is 0 Å². The average Bonchev–Trinajstić information content (AvgIpc) is 2.12. The van der Waals surface area contributed by atoms with Crippen LogP contribution in [0.4, 0.5) is 0 Å². The zero-order valence-corrected chi connectivity index (χ0v) is 12.1. The maximum absolute atomic E-state index is 4.92. The molecule has 0 aromatic rings. The molecule has 0 spiro atoms. The molecular formula is C10H22O2Zn. The van der Waals surface area contributed by atoms with Crippen molar-refractivity contribution < 1.29 is 29.0 Å². The first kappa shape index (κ1) is 19.2. The molecule has 0 saturated carbocycles. The minimum atomic E-state index is 0. The molecule has 3 heteroatoms. The Morgan fingerprint density at radius 1 is 0.846 bits per heavy atom. The van der Waals surface area contributed by atoms with E-state index >= 15 is 0 Å². The standard InChI is InChI=1S/2C5H11O.Zn/c2*1-3-5-6-4-2;/h2*1,3-5H2,2H3;/q2*-1;+2. The fourth-order valence-electron chi connectivity index (χ4n) is 0.493. The summed E-state index contributed by atoms with van der Waals surface area (Å²) in [7, 11) is 0. The summed E-state index contributed by atoms with van der Waals surface area (Å²) in [5.74, 6) is 0. The van der Waals surface area contributed by atoms with E-state index in [4.69, 9.17) is 9.47 Å². The fourth-order valence-corrected chi connectivity index (χ4v) is 0.493. The molecule has 0 unspecified atom stereocenters. The normalized spacial score (nSPS) is 8.31. The van der Waals surface area contributed by atoms with Gasteiger partial charge in [-0.2, -0.15) is 12.8 Å². The summed E-state index contributed by atoms with van der Waals surface area (Å²) in [4.78, 5) is 0. The van der Waals surface area contributed by atoms with Gasteiger partial charge >= 0.3 is 19.5 Å². The molecule has 0 saturated heterocycles. The summed E-state index contributed by atoms with van der Waals surface area (Å²) in [5.41, 5.74) is 0. The molecule has 0 N–H and O–H groups in total. The van der Waals surface area contributed by atoms with E-state index in [1.54, 1.807) is 0 Å². The van der Waals surface area contributed by atoms with E-state index in [-0.39, 0.29) is 19.5 Å². The van der Waals surface area contributed by atoms with Crippen molar-refractivity contribution in [1.29, 1.82) is 0 Å². The van der Waals surface area contributed by atoms with Gasteiger partial charge in [-0.3, -0.25) is 0 Å². The molecule has 0 bridgehead atoms. The van der Waals surface area contributed by atoms with Gasteiger partial charge in [0.15, 0.2) is 0 Å². The summed E-state index contributed by atoms with van der Waals surface area (Å²) in [6.45, 7) is 14.4. The average molecular weight is 240 g/mol. The van der Waals surface area contributed by atoms with Gasteiger partial charge in [0.25, 0.3) is 0 Å². The Morgan fingerprint density at radius 2 is 1.15 bits per heavy atom. The first-order chi connectivity index (χ1) is 5.83. The van der Waals surface area contributed by atoms with E-state index in [9.17, 15) is 0 Å². The van der Waals surface area contributed by atoms with Crippen molar-refractivity contribution in [1.82, 2.24) is 0 Å². The van der Waals surface area contributed by atoms with Crippen molar-refractivity contribution in [2.24, 2.45) is 0 Å². The molecule has 2 nitrogen and oxygen atoms in total. The fraction of sp³-hybridized carbons (Fsp3) is 0.800. The zero-order chi connectivity index (χ0) is 9.66. The Balaban J connectivity index is -0.000000143. The van der Waals surface area contributed by atoms with Gasteiger partial charge in [-0.05, 0) is 13.8 Å². The second kappa shape index (κ2) is 22.9. The van der Waals surface area contributed by atoms with Crippen LogP contribution >= 0.6 is 0 Å². The second-order valence-corrected chi connectivity index (χ2v) is 2.10. The number of hydrogen-bond donors (Lipinski definition) is 0. The van der Waals surface area contributed by atoms with Gasteiger partial charge in [0, 0.05) is 26.4 Å². The number of hydrogen-bond acceptors (Lipinski definition) is 2. The second-order valence-electron chi connectivity index (χ2n) is 2.10.